The van der Waals surface area contributed by atoms with Crippen molar-refractivity contribution in [2.75, 3.05) is 5.32 Å². The highest BCUT2D eigenvalue weighted by Crippen LogP contribution is 2.62. The third kappa shape index (κ3) is 3.72. The zero-order chi connectivity index (χ0) is 28.3. The van der Waals surface area contributed by atoms with Gasteiger partial charge in [-0.2, -0.15) is 0 Å². The molecular weight excluding hydrogens is 532 g/mol. The van der Waals surface area contributed by atoms with Gasteiger partial charge in [-0.05, 0) is 78.4 Å². The average Bonchev–Trinajstić information content (AvgIpc) is 3.69. The molecule has 0 aliphatic carbocycles. The number of hydrogen-bond acceptors (Lipinski definition) is 6. The molecule has 3 aliphatic heterocycles. The number of ketones is 2. The highest BCUT2D eigenvalue weighted by molar-refractivity contribution is 7.12. The van der Waals surface area contributed by atoms with E-state index in [2.05, 4.69) is 5.32 Å². The molecule has 3 aliphatic rings. The molecule has 0 radical (unpaired) electrons. The van der Waals surface area contributed by atoms with Crippen LogP contribution in [0.1, 0.15) is 56.6 Å². The predicted octanol–water partition coefficient (Wildman–Crippen LogP) is 6.52. The van der Waals surface area contributed by atoms with E-state index in [1.165, 1.54) is 11.3 Å². The van der Waals surface area contributed by atoms with Gasteiger partial charge in [0.1, 0.15) is 17.2 Å². The summed E-state index contributed by atoms with van der Waals surface area (Å²) in [6.45, 7) is 3.89. The van der Waals surface area contributed by atoms with Crippen LogP contribution >= 0.6 is 11.3 Å². The second-order valence-electron chi connectivity index (χ2n) is 11.0. The third-order valence-electron chi connectivity index (χ3n) is 8.40. The number of para-hydroxylation sites is 1. The fraction of sp³-hybridized carbons (Fsp3) is 0.206. The van der Waals surface area contributed by atoms with Gasteiger partial charge in [0.05, 0.1) is 22.9 Å². The van der Waals surface area contributed by atoms with Crippen molar-refractivity contribution in [1.82, 2.24) is 4.90 Å². The molecule has 4 atom stereocenters. The van der Waals surface area contributed by atoms with E-state index in [4.69, 9.17) is 4.74 Å². The van der Waals surface area contributed by atoms with Crippen molar-refractivity contribution in [3.05, 3.63) is 124 Å². The number of amides is 1. The van der Waals surface area contributed by atoms with Crippen LogP contribution in [-0.4, -0.2) is 34.5 Å². The Bertz CT molecular complexity index is 1710. The fourth-order valence-corrected chi connectivity index (χ4v) is 7.58. The van der Waals surface area contributed by atoms with Crippen LogP contribution in [0.4, 0.5) is 5.69 Å². The lowest BCUT2D eigenvalue weighted by molar-refractivity contribution is -0.122. The van der Waals surface area contributed by atoms with Gasteiger partial charge in [-0.25, -0.2) is 0 Å². The van der Waals surface area contributed by atoms with E-state index in [9.17, 15) is 14.4 Å². The minimum absolute atomic E-state index is 0.0103. The van der Waals surface area contributed by atoms with Gasteiger partial charge < -0.3 is 15.0 Å². The van der Waals surface area contributed by atoms with Crippen LogP contribution < -0.4 is 10.1 Å². The van der Waals surface area contributed by atoms with Crippen LogP contribution in [0, 0.1) is 5.92 Å². The number of fused-ring (bicyclic) bond motifs is 6. The highest BCUT2D eigenvalue weighted by Gasteiger charge is 2.70. The summed E-state index contributed by atoms with van der Waals surface area (Å²) < 4.78 is 5.81. The van der Waals surface area contributed by atoms with E-state index in [0.29, 0.717) is 21.9 Å². The van der Waals surface area contributed by atoms with Gasteiger partial charge in [0.15, 0.2) is 11.6 Å². The van der Waals surface area contributed by atoms with Crippen LogP contribution in [0.15, 0.2) is 96.5 Å². The van der Waals surface area contributed by atoms with Crippen molar-refractivity contribution < 1.29 is 19.1 Å². The first kappa shape index (κ1) is 25.5. The summed E-state index contributed by atoms with van der Waals surface area (Å²) in [5.74, 6) is -1.01. The number of anilines is 1. The summed E-state index contributed by atoms with van der Waals surface area (Å²) in [4.78, 5) is 46.2. The van der Waals surface area contributed by atoms with Gasteiger partial charge in [0, 0.05) is 17.5 Å². The first-order chi connectivity index (χ1) is 19.9. The summed E-state index contributed by atoms with van der Waals surface area (Å²) in [5, 5.41) is 4.94. The number of nitrogens with one attached hydrogen (secondary N) is 1. The number of benzene rings is 3. The molecule has 0 saturated carbocycles. The predicted molar refractivity (Wildman–Crippen MR) is 159 cm³/mol. The molecule has 7 rings (SSSR count). The summed E-state index contributed by atoms with van der Waals surface area (Å²) in [7, 11) is 0. The molecule has 41 heavy (non-hydrogen) atoms. The zero-order valence-corrected chi connectivity index (χ0v) is 23.4. The van der Waals surface area contributed by atoms with E-state index in [1.807, 2.05) is 91.0 Å². The molecule has 1 saturated heterocycles. The van der Waals surface area contributed by atoms with Crippen LogP contribution in [0.3, 0.4) is 0 Å². The second kappa shape index (κ2) is 9.56. The SMILES string of the molecule is CC(C)Oc1ccc(C(=O)[C@H]2[C@H](C(=O)c3cccs3)N3C=Cc4ccccc4[C@@H]3[C@]23C(=O)Nc2ccccc23)cc1. The summed E-state index contributed by atoms with van der Waals surface area (Å²) in [5.41, 5.74) is 2.40. The molecule has 1 amide bonds. The van der Waals surface area contributed by atoms with Crippen LogP contribution in [0.2, 0.25) is 0 Å². The molecule has 0 unspecified atom stereocenters. The minimum Gasteiger partial charge on any atom is -0.491 e. The molecule has 1 aromatic heterocycles. The topological polar surface area (TPSA) is 75.7 Å². The van der Waals surface area contributed by atoms with Gasteiger partial charge in [-0.15, -0.1) is 11.3 Å². The Morgan fingerprint density at radius 2 is 1.68 bits per heavy atom. The number of rotatable bonds is 6. The summed E-state index contributed by atoms with van der Waals surface area (Å²) in [6.07, 6.45) is 3.85. The van der Waals surface area contributed by atoms with E-state index in [0.717, 1.165) is 16.7 Å². The summed E-state index contributed by atoms with van der Waals surface area (Å²) >= 11 is 1.35. The van der Waals surface area contributed by atoms with Crippen molar-refractivity contribution in [1.29, 1.82) is 0 Å². The number of Topliss-reactive ketones (excluding diaryl/α,β-unsaturated/α-hetero) is 2. The minimum atomic E-state index is -1.33. The number of thiophene rings is 1. The monoisotopic (exact) mass is 560 g/mol. The molecule has 1 fully saturated rings. The zero-order valence-electron chi connectivity index (χ0n) is 22.6. The van der Waals surface area contributed by atoms with Crippen molar-refractivity contribution >= 4 is 40.6 Å². The second-order valence-corrected chi connectivity index (χ2v) is 11.9. The Hall–Kier alpha value is -4.49. The van der Waals surface area contributed by atoms with Gasteiger partial charge in [-0.1, -0.05) is 48.5 Å². The van der Waals surface area contributed by atoms with Crippen LogP contribution in [-0.2, 0) is 10.2 Å². The van der Waals surface area contributed by atoms with E-state index in [-0.39, 0.29) is 23.6 Å². The maximum Gasteiger partial charge on any atom is 0.238 e. The Morgan fingerprint density at radius 1 is 0.927 bits per heavy atom. The van der Waals surface area contributed by atoms with Crippen molar-refractivity contribution in [2.24, 2.45) is 5.92 Å². The maximum absolute atomic E-state index is 14.8. The van der Waals surface area contributed by atoms with E-state index >= 15 is 0 Å². The fourth-order valence-electron chi connectivity index (χ4n) is 6.88. The number of carbonyl (C=O) groups excluding carboxylic acids is 3. The van der Waals surface area contributed by atoms with Gasteiger partial charge in [0.2, 0.25) is 5.91 Å². The van der Waals surface area contributed by atoms with Gasteiger partial charge in [-0.3, -0.25) is 14.4 Å². The lowest BCUT2D eigenvalue weighted by Crippen LogP contribution is -2.49. The Labute approximate surface area is 242 Å². The molecule has 1 N–H and O–H groups in total. The Morgan fingerprint density at radius 3 is 2.44 bits per heavy atom. The Kier molecular flexibility index (Phi) is 5.94. The summed E-state index contributed by atoms with van der Waals surface area (Å²) in [6, 6.07) is 24.7. The van der Waals surface area contributed by atoms with E-state index in [1.54, 1.807) is 30.3 Å². The smallest absolute Gasteiger partial charge is 0.238 e. The largest absolute Gasteiger partial charge is 0.491 e. The van der Waals surface area contributed by atoms with E-state index < -0.39 is 23.4 Å². The van der Waals surface area contributed by atoms with Crippen molar-refractivity contribution in [3.63, 3.8) is 0 Å². The first-order valence-electron chi connectivity index (χ1n) is 13.8. The third-order valence-corrected chi connectivity index (χ3v) is 9.28. The number of ether oxygens (including phenoxy) is 1. The molecule has 7 heteroatoms. The van der Waals surface area contributed by atoms with Gasteiger partial charge >= 0.3 is 0 Å². The number of hydrogen-bond donors (Lipinski definition) is 1. The Balaban J connectivity index is 1.48. The molecule has 4 aromatic rings. The molecule has 0 bridgehead atoms. The number of nitrogens with zero attached hydrogens (tertiary/aromatic N) is 1. The first-order valence-corrected chi connectivity index (χ1v) is 14.6. The molecule has 204 valence electrons. The average molecular weight is 561 g/mol. The highest BCUT2D eigenvalue weighted by atomic mass is 32.1. The lowest BCUT2D eigenvalue weighted by Gasteiger charge is -2.38. The normalized spacial score (nSPS) is 23.7. The molecular formula is C34H28N2O4S. The van der Waals surface area contributed by atoms with Gasteiger partial charge in [0.25, 0.3) is 0 Å². The quantitative estimate of drug-likeness (QED) is 0.272. The van der Waals surface area contributed by atoms with Crippen LogP contribution in [0.5, 0.6) is 5.75 Å². The molecule has 4 heterocycles. The molecule has 3 aromatic carbocycles. The standard InChI is InChI=1S/C34H28N2O4S/c1-20(2)40-23-15-13-22(14-16-23)30(37)28-29(31(38)27-12-7-19-41-27)36-18-17-21-8-3-4-9-24(21)32(36)34(28)25-10-5-6-11-26(25)35-33(34)39/h3-20,28-29,32H,1-2H3,(H,35,39)/t28-,29-,32-,34-/m1/s1. The molecule has 1 spiro atoms. The van der Waals surface area contributed by atoms with Crippen molar-refractivity contribution in [2.45, 2.75) is 37.5 Å². The lowest BCUT2D eigenvalue weighted by atomic mass is 9.63. The number of carbonyl (C=O) groups is 3. The molecule has 6 nitrogen and oxygen atoms in total. The van der Waals surface area contributed by atoms with Crippen molar-refractivity contribution in [3.8, 4) is 5.75 Å². The van der Waals surface area contributed by atoms with Crippen LogP contribution in [0.25, 0.3) is 6.08 Å². The maximum atomic E-state index is 14.8.